The number of ether oxygens (including phenoxy) is 1. The molecule has 28 heavy (non-hydrogen) atoms. The molecule has 1 aromatic heterocycles. The van der Waals surface area contributed by atoms with Gasteiger partial charge in [-0.25, -0.2) is 0 Å². The van der Waals surface area contributed by atoms with Gasteiger partial charge in [0.1, 0.15) is 5.75 Å². The lowest BCUT2D eigenvalue weighted by atomic mass is 9.90. The largest absolute Gasteiger partial charge is 0.493 e. The highest BCUT2D eigenvalue weighted by atomic mass is 16.5. The first kappa shape index (κ1) is 17.5. The Kier molecular flexibility index (Phi) is 4.65. The van der Waals surface area contributed by atoms with Crippen molar-refractivity contribution >= 4 is 0 Å². The van der Waals surface area contributed by atoms with Crippen molar-refractivity contribution in [3.05, 3.63) is 71.0 Å². The summed E-state index contributed by atoms with van der Waals surface area (Å²) >= 11 is 0. The lowest BCUT2D eigenvalue weighted by Gasteiger charge is -2.32. The Balaban J connectivity index is 1.33. The molecule has 0 bridgehead atoms. The standard InChI is InChI=1S/C24H27N3O/c1-17-4-2-5-19(12-17)22-14-25-26-24(22)21-6-3-10-27(16-21)15-18-7-8-23-20(13-18)9-11-28-23/h2,4-5,7-8,12-14,21H,3,6,9-11,15-16H2,1H3,(H,25,26). The Labute approximate surface area is 166 Å². The summed E-state index contributed by atoms with van der Waals surface area (Å²) in [6, 6.07) is 15.4. The van der Waals surface area contributed by atoms with Crippen molar-refractivity contribution in [2.75, 3.05) is 19.7 Å². The van der Waals surface area contributed by atoms with E-state index in [1.165, 1.54) is 46.4 Å². The summed E-state index contributed by atoms with van der Waals surface area (Å²) in [5.74, 6) is 1.57. The first-order valence-electron chi connectivity index (χ1n) is 10.3. The number of likely N-dealkylation sites (tertiary alicyclic amines) is 1. The van der Waals surface area contributed by atoms with Crippen LogP contribution < -0.4 is 4.74 Å². The summed E-state index contributed by atoms with van der Waals surface area (Å²) < 4.78 is 5.65. The Morgan fingerprint density at radius 3 is 3.11 bits per heavy atom. The first-order chi connectivity index (χ1) is 13.8. The van der Waals surface area contributed by atoms with Crippen LogP contribution in [-0.4, -0.2) is 34.8 Å². The SMILES string of the molecule is Cc1cccc(-c2cn[nH]c2C2CCCN(Cc3ccc4c(c3)CCO4)C2)c1. The van der Waals surface area contributed by atoms with Crippen molar-refractivity contribution in [3.63, 3.8) is 0 Å². The Hall–Kier alpha value is -2.59. The smallest absolute Gasteiger partial charge is 0.122 e. The first-order valence-corrected chi connectivity index (χ1v) is 10.3. The van der Waals surface area contributed by atoms with Gasteiger partial charge in [0.25, 0.3) is 0 Å². The van der Waals surface area contributed by atoms with Crippen LogP contribution in [0.4, 0.5) is 0 Å². The summed E-state index contributed by atoms with van der Waals surface area (Å²) in [4.78, 5) is 2.59. The summed E-state index contributed by atoms with van der Waals surface area (Å²) in [5.41, 5.74) is 7.85. The van der Waals surface area contributed by atoms with Gasteiger partial charge in [-0.2, -0.15) is 5.10 Å². The highest BCUT2D eigenvalue weighted by Crippen LogP contribution is 2.34. The van der Waals surface area contributed by atoms with Crippen molar-refractivity contribution in [3.8, 4) is 16.9 Å². The van der Waals surface area contributed by atoms with Crippen molar-refractivity contribution < 1.29 is 4.74 Å². The van der Waals surface area contributed by atoms with Crippen LogP contribution in [0, 0.1) is 6.92 Å². The lowest BCUT2D eigenvalue weighted by Crippen LogP contribution is -2.34. The molecule has 1 fully saturated rings. The highest BCUT2D eigenvalue weighted by molar-refractivity contribution is 5.66. The van der Waals surface area contributed by atoms with Gasteiger partial charge in [0.2, 0.25) is 0 Å². The van der Waals surface area contributed by atoms with Gasteiger partial charge in [0.15, 0.2) is 0 Å². The van der Waals surface area contributed by atoms with E-state index in [1.807, 2.05) is 6.20 Å². The number of aromatic nitrogens is 2. The summed E-state index contributed by atoms with van der Waals surface area (Å²) in [5, 5.41) is 7.71. The average Bonchev–Trinajstić information content (AvgIpc) is 3.37. The zero-order valence-electron chi connectivity index (χ0n) is 16.4. The lowest BCUT2D eigenvalue weighted by molar-refractivity contribution is 0.198. The van der Waals surface area contributed by atoms with Crippen molar-refractivity contribution in [2.45, 2.75) is 38.6 Å². The second-order valence-corrected chi connectivity index (χ2v) is 8.18. The number of piperidine rings is 1. The molecule has 1 saturated heterocycles. The molecule has 4 heteroatoms. The van der Waals surface area contributed by atoms with E-state index in [9.17, 15) is 0 Å². The molecule has 1 atom stereocenters. The number of nitrogens with one attached hydrogen (secondary N) is 1. The average molecular weight is 374 g/mol. The topological polar surface area (TPSA) is 41.2 Å². The molecule has 3 aromatic rings. The zero-order chi connectivity index (χ0) is 18.9. The molecule has 0 aliphatic carbocycles. The van der Waals surface area contributed by atoms with Crippen LogP contribution in [0.1, 0.15) is 41.1 Å². The molecule has 5 rings (SSSR count). The van der Waals surface area contributed by atoms with Gasteiger partial charge in [-0.15, -0.1) is 0 Å². The van der Waals surface area contributed by atoms with E-state index in [4.69, 9.17) is 4.74 Å². The van der Waals surface area contributed by atoms with Crippen LogP contribution in [0.15, 0.2) is 48.7 Å². The maximum Gasteiger partial charge on any atom is 0.122 e. The van der Waals surface area contributed by atoms with Crippen LogP contribution in [0.25, 0.3) is 11.1 Å². The number of fused-ring (bicyclic) bond motifs is 1. The molecule has 1 N–H and O–H groups in total. The fraction of sp³-hybridized carbons (Fsp3) is 0.375. The molecular weight excluding hydrogens is 346 g/mol. The van der Waals surface area contributed by atoms with Crippen molar-refractivity contribution in [2.24, 2.45) is 0 Å². The monoisotopic (exact) mass is 373 g/mol. The van der Waals surface area contributed by atoms with Gasteiger partial charge >= 0.3 is 0 Å². The van der Waals surface area contributed by atoms with Crippen molar-refractivity contribution in [1.82, 2.24) is 15.1 Å². The third kappa shape index (κ3) is 3.45. The van der Waals surface area contributed by atoms with Crippen LogP contribution in [0.5, 0.6) is 5.75 Å². The van der Waals surface area contributed by atoms with Crippen LogP contribution >= 0.6 is 0 Å². The molecule has 2 aliphatic rings. The second-order valence-electron chi connectivity index (χ2n) is 8.18. The number of benzene rings is 2. The molecule has 1 unspecified atom stereocenters. The Morgan fingerprint density at radius 2 is 2.18 bits per heavy atom. The van der Waals surface area contributed by atoms with Crippen LogP contribution in [-0.2, 0) is 13.0 Å². The third-order valence-electron chi connectivity index (χ3n) is 6.07. The normalized spacial score (nSPS) is 19.4. The minimum Gasteiger partial charge on any atom is -0.493 e. The van der Waals surface area contributed by atoms with Gasteiger partial charge in [-0.3, -0.25) is 10.00 Å². The molecule has 2 aliphatic heterocycles. The predicted octanol–water partition coefficient (Wildman–Crippen LogP) is 4.70. The minimum atomic E-state index is 0.504. The number of rotatable bonds is 4. The number of hydrogen-bond donors (Lipinski definition) is 1. The van der Waals surface area contributed by atoms with E-state index >= 15 is 0 Å². The van der Waals surface area contributed by atoms with E-state index in [2.05, 4.69) is 64.5 Å². The van der Waals surface area contributed by atoms with Gasteiger partial charge in [0, 0.05) is 36.7 Å². The molecule has 3 heterocycles. The molecule has 0 saturated carbocycles. The van der Waals surface area contributed by atoms with E-state index in [1.54, 1.807) is 0 Å². The quantitative estimate of drug-likeness (QED) is 0.721. The van der Waals surface area contributed by atoms with Crippen LogP contribution in [0.3, 0.4) is 0 Å². The molecule has 144 valence electrons. The van der Waals surface area contributed by atoms with Gasteiger partial charge in [-0.1, -0.05) is 42.0 Å². The summed E-state index contributed by atoms with van der Waals surface area (Å²) in [6.07, 6.45) is 5.48. The highest BCUT2D eigenvalue weighted by Gasteiger charge is 2.25. The maximum absolute atomic E-state index is 5.65. The second kappa shape index (κ2) is 7.44. The minimum absolute atomic E-state index is 0.504. The van der Waals surface area contributed by atoms with Crippen molar-refractivity contribution in [1.29, 1.82) is 0 Å². The predicted molar refractivity (Wildman–Crippen MR) is 112 cm³/mol. The van der Waals surface area contributed by atoms with Gasteiger partial charge in [0.05, 0.1) is 12.8 Å². The summed E-state index contributed by atoms with van der Waals surface area (Å²) in [7, 11) is 0. The number of aromatic amines is 1. The summed E-state index contributed by atoms with van der Waals surface area (Å²) in [6.45, 7) is 6.23. The molecule has 0 radical (unpaired) electrons. The van der Waals surface area contributed by atoms with E-state index in [0.29, 0.717) is 5.92 Å². The van der Waals surface area contributed by atoms with Crippen LogP contribution in [0.2, 0.25) is 0 Å². The zero-order valence-corrected chi connectivity index (χ0v) is 16.4. The molecular formula is C24H27N3O. The van der Waals surface area contributed by atoms with E-state index in [-0.39, 0.29) is 0 Å². The van der Waals surface area contributed by atoms with Gasteiger partial charge in [-0.05, 0) is 49.1 Å². The Bertz CT molecular complexity index is 977. The fourth-order valence-electron chi connectivity index (χ4n) is 4.68. The number of hydrogen-bond acceptors (Lipinski definition) is 3. The number of H-pyrrole nitrogens is 1. The van der Waals surface area contributed by atoms with E-state index in [0.717, 1.165) is 38.4 Å². The maximum atomic E-state index is 5.65. The molecule has 2 aromatic carbocycles. The van der Waals surface area contributed by atoms with E-state index < -0.39 is 0 Å². The number of nitrogens with zero attached hydrogens (tertiary/aromatic N) is 2. The number of aryl methyl sites for hydroxylation is 1. The molecule has 0 amide bonds. The fourth-order valence-corrected chi connectivity index (χ4v) is 4.68. The van der Waals surface area contributed by atoms with Gasteiger partial charge < -0.3 is 4.74 Å². The Morgan fingerprint density at radius 1 is 1.21 bits per heavy atom. The molecule has 4 nitrogen and oxygen atoms in total. The third-order valence-corrected chi connectivity index (χ3v) is 6.07. The molecule has 0 spiro atoms.